The molecular formula is C3H2F4N2O2. The number of hydrogen-bond donors (Lipinski definition) is 1. The zero-order valence-corrected chi connectivity index (χ0v) is 4.85. The number of carbonyl (C=O) groups excluding carboxylic acids is 1. The van der Waals surface area contributed by atoms with Gasteiger partial charge in [-0.3, -0.25) is 4.79 Å². The first-order valence-electron chi connectivity index (χ1n) is 2.15. The summed E-state index contributed by atoms with van der Waals surface area (Å²) in [6.07, 6.45) is 0. The molecule has 0 radical (unpaired) electrons. The van der Waals surface area contributed by atoms with Gasteiger partial charge in [-0.2, -0.15) is 17.6 Å². The van der Waals surface area contributed by atoms with Crippen LogP contribution in [-0.4, -0.2) is 17.9 Å². The summed E-state index contributed by atoms with van der Waals surface area (Å²) < 4.78 is 46.9. The number of carbonyl (C=O) groups is 1. The fraction of sp³-hybridized carbons (Fsp3) is 0.667. The molecule has 0 bridgehead atoms. The van der Waals surface area contributed by atoms with Crippen LogP contribution < -0.4 is 5.73 Å². The molecule has 0 rings (SSSR count). The van der Waals surface area contributed by atoms with Crippen LogP contribution in [0.3, 0.4) is 0 Å². The molecule has 0 atom stereocenters. The lowest BCUT2D eigenvalue weighted by molar-refractivity contribution is -0.204. The summed E-state index contributed by atoms with van der Waals surface area (Å²) in [6, 6.07) is -5.28. The van der Waals surface area contributed by atoms with Crippen molar-refractivity contribution in [2.75, 3.05) is 0 Å². The molecule has 0 aliphatic carbocycles. The molecule has 0 heterocycles. The summed E-state index contributed by atoms with van der Waals surface area (Å²) in [5.41, 5.74) is 3.86. The van der Waals surface area contributed by atoms with Gasteiger partial charge in [0.05, 0.1) is 0 Å². The van der Waals surface area contributed by atoms with Crippen LogP contribution >= 0.6 is 0 Å². The third-order valence-corrected chi connectivity index (χ3v) is 0.802. The van der Waals surface area contributed by atoms with Gasteiger partial charge in [0.15, 0.2) is 0 Å². The lowest BCUT2D eigenvalue weighted by Crippen LogP contribution is -2.49. The van der Waals surface area contributed by atoms with Crippen molar-refractivity contribution in [3.05, 3.63) is 4.91 Å². The molecule has 11 heavy (non-hydrogen) atoms. The van der Waals surface area contributed by atoms with Gasteiger partial charge in [0.2, 0.25) is 0 Å². The fourth-order valence-electron chi connectivity index (χ4n) is 0.206. The van der Waals surface area contributed by atoms with E-state index in [1.54, 1.807) is 0 Å². The first kappa shape index (κ1) is 9.79. The Labute approximate surface area is 57.3 Å². The van der Waals surface area contributed by atoms with Crippen LogP contribution in [-0.2, 0) is 4.79 Å². The van der Waals surface area contributed by atoms with Crippen LogP contribution in [0.2, 0.25) is 0 Å². The highest BCUT2D eigenvalue weighted by Crippen LogP contribution is 2.34. The first-order valence-corrected chi connectivity index (χ1v) is 2.15. The number of nitrogens with two attached hydrogens (primary N) is 1. The average Bonchev–Trinajstić information content (AvgIpc) is 1.87. The highest BCUT2D eigenvalue weighted by molar-refractivity contribution is 5.82. The predicted octanol–water partition coefficient (Wildman–Crippen LogP) is 0.466. The molecular weight excluding hydrogens is 172 g/mol. The number of rotatable bonds is 3. The molecule has 0 aliphatic rings. The Kier molecular flexibility index (Phi) is 2.17. The van der Waals surface area contributed by atoms with Crippen molar-refractivity contribution in [2.45, 2.75) is 12.0 Å². The first-order chi connectivity index (χ1) is 4.75. The Morgan fingerprint density at radius 3 is 1.73 bits per heavy atom. The predicted molar refractivity (Wildman–Crippen MR) is 24.9 cm³/mol. The number of halogens is 4. The molecule has 1 amide bonds. The smallest absolute Gasteiger partial charge is 0.364 e. The van der Waals surface area contributed by atoms with Crippen LogP contribution in [0.1, 0.15) is 0 Å². The Hall–Kier alpha value is -1.21. The van der Waals surface area contributed by atoms with Gasteiger partial charge in [0.1, 0.15) is 0 Å². The van der Waals surface area contributed by atoms with Crippen molar-refractivity contribution < 1.29 is 22.4 Å². The second kappa shape index (κ2) is 2.44. The van der Waals surface area contributed by atoms with Crippen LogP contribution in [0.25, 0.3) is 0 Å². The van der Waals surface area contributed by atoms with E-state index in [4.69, 9.17) is 4.91 Å². The van der Waals surface area contributed by atoms with Crippen LogP contribution in [0.5, 0.6) is 0 Å². The van der Waals surface area contributed by atoms with E-state index in [1.807, 2.05) is 0 Å². The lowest BCUT2D eigenvalue weighted by Gasteiger charge is -2.15. The molecule has 2 N–H and O–H groups in total. The van der Waals surface area contributed by atoms with Crippen LogP contribution in [0.15, 0.2) is 5.18 Å². The van der Waals surface area contributed by atoms with Crippen molar-refractivity contribution >= 4 is 5.91 Å². The van der Waals surface area contributed by atoms with E-state index < -0.39 is 17.9 Å². The second-order valence-electron chi connectivity index (χ2n) is 1.57. The number of nitroso groups, excluding NO2 is 1. The largest absolute Gasteiger partial charge is 0.449 e. The van der Waals surface area contributed by atoms with E-state index in [9.17, 15) is 22.4 Å². The normalized spacial score (nSPS) is 12.7. The average molecular weight is 174 g/mol. The molecule has 0 saturated carbocycles. The van der Waals surface area contributed by atoms with E-state index >= 15 is 0 Å². The number of hydrogen-bond acceptors (Lipinski definition) is 3. The third kappa shape index (κ3) is 1.44. The molecule has 0 aromatic heterocycles. The maximum Gasteiger partial charge on any atom is 0.449 e. The minimum absolute atomic E-state index is 0.779. The van der Waals surface area contributed by atoms with E-state index in [0.29, 0.717) is 0 Å². The Morgan fingerprint density at radius 1 is 1.27 bits per heavy atom. The summed E-state index contributed by atoms with van der Waals surface area (Å²) in [7, 11) is 0. The van der Waals surface area contributed by atoms with Gasteiger partial charge < -0.3 is 5.73 Å². The summed E-state index contributed by atoms with van der Waals surface area (Å²) in [5.74, 6) is -7.82. The molecule has 0 aliphatic heterocycles. The quantitative estimate of drug-likeness (QED) is 0.383. The van der Waals surface area contributed by atoms with Crippen LogP contribution in [0, 0.1) is 4.91 Å². The maximum absolute atomic E-state index is 11.8. The minimum Gasteiger partial charge on any atom is -0.364 e. The zero-order chi connectivity index (χ0) is 9.28. The number of primary amides is 1. The number of amides is 1. The van der Waals surface area contributed by atoms with Crippen molar-refractivity contribution in [2.24, 2.45) is 10.9 Å². The number of nitrogens with zero attached hydrogens (tertiary/aromatic N) is 1. The molecule has 4 nitrogen and oxygen atoms in total. The molecule has 0 fully saturated rings. The summed E-state index contributed by atoms with van der Waals surface area (Å²) in [5, 5.41) is 0.779. The third-order valence-electron chi connectivity index (χ3n) is 0.802. The van der Waals surface area contributed by atoms with Gasteiger partial charge in [-0.25, -0.2) is 0 Å². The standard InChI is InChI=1S/C3H2F4N2O2/c4-2(5,1(8)10)3(6,7)9-11/h(H2,8,10). The highest BCUT2D eigenvalue weighted by Gasteiger charge is 2.63. The minimum atomic E-state index is -5.28. The molecule has 0 aromatic carbocycles. The Bertz CT molecular complexity index is 192. The van der Waals surface area contributed by atoms with Crippen molar-refractivity contribution in [3.8, 4) is 0 Å². The van der Waals surface area contributed by atoms with Gasteiger partial charge in [-0.15, -0.1) is 4.91 Å². The molecule has 0 saturated heterocycles. The van der Waals surface area contributed by atoms with E-state index in [-0.39, 0.29) is 0 Å². The van der Waals surface area contributed by atoms with Crippen molar-refractivity contribution in [1.29, 1.82) is 0 Å². The van der Waals surface area contributed by atoms with E-state index in [2.05, 4.69) is 5.73 Å². The van der Waals surface area contributed by atoms with Gasteiger partial charge >= 0.3 is 12.0 Å². The molecule has 8 heteroatoms. The van der Waals surface area contributed by atoms with E-state index in [1.165, 1.54) is 0 Å². The SMILES string of the molecule is NC(=O)C(F)(F)C(F)(F)N=O. The lowest BCUT2D eigenvalue weighted by atomic mass is 10.3. The molecule has 0 unspecified atom stereocenters. The van der Waals surface area contributed by atoms with Gasteiger partial charge in [0, 0.05) is 5.18 Å². The Morgan fingerprint density at radius 2 is 1.64 bits per heavy atom. The summed E-state index contributed by atoms with van der Waals surface area (Å²) >= 11 is 0. The molecule has 0 aromatic rings. The van der Waals surface area contributed by atoms with Gasteiger partial charge in [-0.05, 0) is 0 Å². The van der Waals surface area contributed by atoms with E-state index in [0.717, 1.165) is 5.18 Å². The van der Waals surface area contributed by atoms with Gasteiger partial charge in [0.25, 0.3) is 5.91 Å². The summed E-state index contributed by atoms with van der Waals surface area (Å²) in [6.45, 7) is 0. The zero-order valence-electron chi connectivity index (χ0n) is 4.85. The maximum atomic E-state index is 11.8. The van der Waals surface area contributed by atoms with Crippen LogP contribution in [0.4, 0.5) is 17.6 Å². The summed E-state index contributed by atoms with van der Waals surface area (Å²) in [4.78, 5) is 18.7. The van der Waals surface area contributed by atoms with Crippen molar-refractivity contribution in [1.82, 2.24) is 0 Å². The second-order valence-corrected chi connectivity index (χ2v) is 1.57. The van der Waals surface area contributed by atoms with Gasteiger partial charge in [-0.1, -0.05) is 0 Å². The molecule has 64 valence electrons. The topological polar surface area (TPSA) is 72.5 Å². The fourth-order valence-corrected chi connectivity index (χ4v) is 0.206. The molecule has 0 spiro atoms. The number of alkyl halides is 4. The Balaban J connectivity index is 4.81. The van der Waals surface area contributed by atoms with Crippen molar-refractivity contribution in [3.63, 3.8) is 0 Å². The monoisotopic (exact) mass is 174 g/mol. The highest BCUT2D eigenvalue weighted by atomic mass is 19.3.